The number of hydrazone groups is 1. The van der Waals surface area contributed by atoms with E-state index < -0.39 is 0 Å². The van der Waals surface area contributed by atoms with Gasteiger partial charge in [0, 0.05) is 11.3 Å². The zero-order chi connectivity index (χ0) is 21.6. The molecule has 0 aliphatic carbocycles. The number of rotatable bonds is 7. The highest BCUT2D eigenvalue weighted by Crippen LogP contribution is 2.28. The number of aromatic nitrogens is 3. The summed E-state index contributed by atoms with van der Waals surface area (Å²) in [4.78, 5) is 12.2. The Morgan fingerprint density at radius 1 is 1.06 bits per heavy atom. The molecule has 4 aromatic rings. The molecule has 156 valence electrons. The third-order valence-corrected chi connectivity index (χ3v) is 5.36. The molecule has 0 bridgehead atoms. The normalized spacial score (nSPS) is 11.2. The minimum absolute atomic E-state index is 0.146. The van der Waals surface area contributed by atoms with E-state index in [0.717, 1.165) is 28.4 Å². The van der Waals surface area contributed by atoms with Crippen LogP contribution in [0.4, 0.5) is 0 Å². The number of thioether (sulfide) groups is 1. The Balaban J connectivity index is 1.51. The van der Waals surface area contributed by atoms with Gasteiger partial charge in [0.05, 0.1) is 12.0 Å². The highest BCUT2D eigenvalue weighted by atomic mass is 32.2. The minimum atomic E-state index is -0.246. The predicted octanol–water partition coefficient (Wildman–Crippen LogP) is 4.39. The maximum atomic E-state index is 12.2. The first kappa shape index (κ1) is 20.6. The maximum Gasteiger partial charge on any atom is 0.250 e. The summed E-state index contributed by atoms with van der Waals surface area (Å²) >= 11 is 1.30. The maximum absolute atomic E-state index is 12.2. The molecule has 0 spiro atoms. The van der Waals surface area contributed by atoms with Crippen molar-refractivity contribution in [2.75, 3.05) is 5.75 Å². The SMILES string of the molecule is Cc1ccc(-n2c(SCC(=O)N/N=C/c3ccc(C)o3)nnc2-c2ccccc2)cc1. The van der Waals surface area contributed by atoms with Crippen LogP contribution in [0.1, 0.15) is 17.1 Å². The third kappa shape index (κ3) is 5.10. The van der Waals surface area contributed by atoms with Gasteiger partial charge in [-0.1, -0.05) is 59.8 Å². The molecule has 2 aromatic heterocycles. The summed E-state index contributed by atoms with van der Waals surface area (Å²) in [6, 6.07) is 21.6. The second kappa shape index (κ2) is 9.44. The predicted molar refractivity (Wildman–Crippen MR) is 121 cm³/mol. The topological polar surface area (TPSA) is 85.3 Å². The van der Waals surface area contributed by atoms with Gasteiger partial charge in [-0.3, -0.25) is 9.36 Å². The molecule has 1 N–H and O–H groups in total. The molecule has 2 aromatic carbocycles. The molecule has 0 unspecified atom stereocenters. The van der Waals surface area contributed by atoms with Crippen molar-refractivity contribution >= 4 is 23.9 Å². The quantitative estimate of drug-likeness (QED) is 0.267. The van der Waals surface area contributed by atoms with Crippen molar-refractivity contribution in [2.24, 2.45) is 5.10 Å². The second-order valence-corrected chi connectivity index (χ2v) is 7.82. The van der Waals surface area contributed by atoms with Gasteiger partial charge in [0.2, 0.25) is 0 Å². The monoisotopic (exact) mass is 431 g/mol. The molecule has 2 heterocycles. The van der Waals surface area contributed by atoms with E-state index in [2.05, 4.69) is 20.7 Å². The molecule has 8 heteroatoms. The first-order chi connectivity index (χ1) is 15.1. The van der Waals surface area contributed by atoms with Crippen LogP contribution in [0.5, 0.6) is 0 Å². The molecule has 0 aliphatic rings. The highest BCUT2D eigenvalue weighted by molar-refractivity contribution is 7.99. The van der Waals surface area contributed by atoms with Gasteiger partial charge in [0.15, 0.2) is 11.0 Å². The molecule has 0 fully saturated rings. The van der Waals surface area contributed by atoms with Gasteiger partial charge < -0.3 is 4.42 Å². The van der Waals surface area contributed by atoms with E-state index in [4.69, 9.17) is 4.42 Å². The van der Waals surface area contributed by atoms with Gasteiger partial charge in [-0.15, -0.1) is 10.2 Å². The first-order valence-corrected chi connectivity index (χ1v) is 10.7. The van der Waals surface area contributed by atoms with Crippen LogP contribution in [0.3, 0.4) is 0 Å². The molecule has 0 aliphatic heterocycles. The Bertz CT molecular complexity index is 1200. The van der Waals surface area contributed by atoms with E-state index in [0.29, 0.717) is 10.9 Å². The van der Waals surface area contributed by atoms with Crippen molar-refractivity contribution < 1.29 is 9.21 Å². The Kier molecular flexibility index (Phi) is 6.28. The molecule has 31 heavy (non-hydrogen) atoms. The minimum Gasteiger partial charge on any atom is -0.460 e. The summed E-state index contributed by atoms with van der Waals surface area (Å²) in [6.07, 6.45) is 1.47. The Hall–Kier alpha value is -3.65. The van der Waals surface area contributed by atoms with E-state index in [1.165, 1.54) is 18.0 Å². The second-order valence-electron chi connectivity index (χ2n) is 6.87. The van der Waals surface area contributed by atoms with E-state index in [1.54, 1.807) is 6.07 Å². The van der Waals surface area contributed by atoms with Crippen LogP contribution in [-0.2, 0) is 4.79 Å². The van der Waals surface area contributed by atoms with Crippen LogP contribution in [0.15, 0.2) is 81.4 Å². The van der Waals surface area contributed by atoms with Crippen molar-refractivity contribution in [1.29, 1.82) is 0 Å². The summed E-state index contributed by atoms with van der Waals surface area (Å²) in [5.41, 5.74) is 5.55. The van der Waals surface area contributed by atoms with E-state index in [-0.39, 0.29) is 11.7 Å². The van der Waals surface area contributed by atoms with Gasteiger partial charge >= 0.3 is 0 Å². The number of nitrogens with zero attached hydrogens (tertiary/aromatic N) is 4. The summed E-state index contributed by atoms with van der Waals surface area (Å²) in [7, 11) is 0. The summed E-state index contributed by atoms with van der Waals surface area (Å²) in [6.45, 7) is 3.89. The van der Waals surface area contributed by atoms with E-state index in [1.807, 2.05) is 79.1 Å². The lowest BCUT2D eigenvalue weighted by Gasteiger charge is -2.10. The molecule has 0 saturated heterocycles. The molecular weight excluding hydrogens is 410 g/mol. The van der Waals surface area contributed by atoms with Crippen molar-refractivity contribution in [3.8, 4) is 17.1 Å². The fraction of sp³-hybridized carbons (Fsp3) is 0.130. The molecule has 1 amide bonds. The van der Waals surface area contributed by atoms with Crippen molar-refractivity contribution in [3.63, 3.8) is 0 Å². The Morgan fingerprint density at radius 3 is 2.55 bits per heavy atom. The summed E-state index contributed by atoms with van der Waals surface area (Å²) in [5.74, 6) is 1.99. The zero-order valence-corrected chi connectivity index (χ0v) is 18.0. The number of aryl methyl sites for hydroxylation is 2. The molecule has 0 radical (unpaired) electrons. The van der Waals surface area contributed by atoms with Crippen LogP contribution in [0, 0.1) is 13.8 Å². The van der Waals surface area contributed by atoms with Gasteiger partial charge in [-0.2, -0.15) is 5.10 Å². The van der Waals surface area contributed by atoms with Crippen LogP contribution < -0.4 is 5.43 Å². The van der Waals surface area contributed by atoms with Crippen LogP contribution in [0.2, 0.25) is 0 Å². The van der Waals surface area contributed by atoms with Gasteiger partial charge in [0.1, 0.15) is 11.5 Å². The standard InChI is InChI=1S/C23H21N5O2S/c1-16-8-11-19(12-9-16)28-22(18-6-4-3-5-7-18)26-27-23(28)31-15-21(29)25-24-14-20-13-10-17(2)30-20/h3-14H,15H2,1-2H3,(H,25,29)/b24-14+. The lowest BCUT2D eigenvalue weighted by atomic mass is 10.2. The molecule has 0 saturated carbocycles. The number of furan rings is 1. The summed E-state index contributed by atoms with van der Waals surface area (Å²) < 4.78 is 7.35. The molecule has 0 atom stereocenters. The average Bonchev–Trinajstić information content (AvgIpc) is 3.39. The smallest absolute Gasteiger partial charge is 0.250 e. The van der Waals surface area contributed by atoms with Crippen LogP contribution in [-0.4, -0.2) is 32.6 Å². The number of carbonyl (C=O) groups is 1. The largest absolute Gasteiger partial charge is 0.460 e. The number of amides is 1. The van der Waals surface area contributed by atoms with E-state index in [9.17, 15) is 4.79 Å². The van der Waals surface area contributed by atoms with Gasteiger partial charge in [-0.25, -0.2) is 5.43 Å². The van der Waals surface area contributed by atoms with Gasteiger partial charge in [0.25, 0.3) is 5.91 Å². The van der Waals surface area contributed by atoms with Crippen molar-refractivity contribution in [2.45, 2.75) is 19.0 Å². The number of hydrogen-bond acceptors (Lipinski definition) is 6. The zero-order valence-electron chi connectivity index (χ0n) is 17.1. The van der Waals surface area contributed by atoms with E-state index >= 15 is 0 Å². The molecule has 7 nitrogen and oxygen atoms in total. The lowest BCUT2D eigenvalue weighted by molar-refractivity contribution is -0.118. The fourth-order valence-corrected chi connectivity index (χ4v) is 3.66. The Morgan fingerprint density at radius 2 is 1.84 bits per heavy atom. The molecule has 4 rings (SSSR count). The number of carbonyl (C=O) groups excluding carboxylic acids is 1. The molecular formula is C23H21N5O2S. The van der Waals surface area contributed by atoms with Crippen molar-refractivity contribution in [1.82, 2.24) is 20.2 Å². The highest BCUT2D eigenvalue weighted by Gasteiger charge is 2.17. The summed E-state index contributed by atoms with van der Waals surface area (Å²) in [5, 5.41) is 13.3. The number of benzene rings is 2. The first-order valence-electron chi connectivity index (χ1n) is 9.69. The third-order valence-electron chi connectivity index (χ3n) is 4.43. The fourth-order valence-electron chi connectivity index (χ4n) is 2.92. The van der Waals surface area contributed by atoms with Crippen LogP contribution >= 0.6 is 11.8 Å². The average molecular weight is 432 g/mol. The number of nitrogens with one attached hydrogen (secondary N) is 1. The van der Waals surface area contributed by atoms with Crippen LogP contribution in [0.25, 0.3) is 17.1 Å². The van der Waals surface area contributed by atoms with Gasteiger partial charge in [-0.05, 0) is 38.1 Å². The number of hydrogen-bond donors (Lipinski definition) is 1. The van der Waals surface area contributed by atoms with Crippen molar-refractivity contribution in [3.05, 3.63) is 83.8 Å². The lowest BCUT2D eigenvalue weighted by Crippen LogP contribution is -2.19. The Labute approximate surface area is 184 Å².